The summed E-state index contributed by atoms with van der Waals surface area (Å²) in [5.74, 6) is 0. The molecule has 1 aromatic heterocycles. The fraction of sp³-hybridized carbons (Fsp3) is 0.562. The van der Waals surface area contributed by atoms with Crippen molar-refractivity contribution >= 4 is 5.69 Å². The topological polar surface area (TPSA) is 28.2 Å². The summed E-state index contributed by atoms with van der Waals surface area (Å²) in [6, 6.07) is 2.82. The van der Waals surface area contributed by atoms with Crippen molar-refractivity contribution in [1.82, 2.24) is 10.3 Å². The maximum Gasteiger partial charge on any atom is 0.0448 e. The summed E-state index contributed by atoms with van der Waals surface area (Å²) < 4.78 is 0. The largest absolute Gasteiger partial charge is 0.364 e. The number of aromatic nitrogens is 1. The summed E-state index contributed by atoms with van der Waals surface area (Å²) in [6.07, 6.45) is 8.44. The lowest BCUT2D eigenvalue weighted by Crippen LogP contribution is -2.36. The Morgan fingerprint density at radius 2 is 2.21 bits per heavy atom. The van der Waals surface area contributed by atoms with E-state index in [2.05, 4.69) is 48.6 Å². The summed E-state index contributed by atoms with van der Waals surface area (Å²) in [6.45, 7) is 12.2. The summed E-state index contributed by atoms with van der Waals surface area (Å²) >= 11 is 0. The predicted molar refractivity (Wildman–Crippen MR) is 81.4 cm³/mol. The van der Waals surface area contributed by atoms with Crippen molar-refractivity contribution in [3.63, 3.8) is 0 Å². The first-order chi connectivity index (χ1) is 9.01. The highest BCUT2D eigenvalue weighted by Gasteiger charge is 2.29. The van der Waals surface area contributed by atoms with E-state index in [1.807, 2.05) is 18.5 Å². The molecule has 0 spiro atoms. The first-order valence-electron chi connectivity index (χ1n) is 7.07. The van der Waals surface area contributed by atoms with Gasteiger partial charge in [-0.15, -0.1) is 6.58 Å². The Balaban J connectivity index is 2.16. The van der Waals surface area contributed by atoms with Crippen molar-refractivity contribution in [2.24, 2.45) is 0 Å². The van der Waals surface area contributed by atoms with Crippen molar-refractivity contribution in [3.8, 4) is 0 Å². The SMILES string of the molecule is C=CCN(c1ccncc1CNC(C)(C)C)C1CC1. The Labute approximate surface area is 116 Å². The Hall–Kier alpha value is -1.35. The van der Waals surface area contributed by atoms with Crippen LogP contribution in [0.25, 0.3) is 0 Å². The molecule has 1 saturated carbocycles. The van der Waals surface area contributed by atoms with Gasteiger partial charge < -0.3 is 10.2 Å². The van der Waals surface area contributed by atoms with Gasteiger partial charge in [-0.1, -0.05) is 6.08 Å². The first-order valence-corrected chi connectivity index (χ1v) is 7.07. The van der Waals surface area contributed by atoms with Crippen LogP contribution in [-0.2, 0) is 6.54 Å². The molecule has 1 aliphatic carbocycles. The summed E-state index contributed by atoms with van der Waals surface area (Å²) in [7, 11) is 0. The minimum Gasteiger partial charge on any atom is -0.364 e. The van der Waals surface area contributed by atoms with Gasteiger partial charge in [-0.2, -0.15) is 0 Å². The third-order valence-electron chi connectivity index (χ3n) is 3.31. The van der Waals surface area contributed by atoms with E-state index in [4.69, 9.17) is 0 Å². The lowest BCUT2D eigenvalue weighted by molar-refractivity contribution is 0.424. The molecular formula is C16H25N3. The van der Waals surface area contributed by atoms with E-state index in [0.717, 1.165) is 13.1 Å². The van der Waals surface area contributed by atoms with Crippen molar-refractivity contribution in [2.75, 3.05) is 11.4 Å². The van der Waals surface area contributed by atoms with Gasteiger partial charge in [-0.25, -0.2) is 0 Å². The number of rotatable bonds is 6. The highest BCUT2D eigenvalue weighted by atomic mass is 15.2. The van der Waals surface area contributed by atoms with Crippen molar-refractivity contribution in [3.05, 3.63) is 36.7 Å². The van der Waals surface area contributed by atoms with Crippen molar-refractivity contribution in [2.45, 2.75) is 51.7 Å². The lowest BCUT2D eigenvalue weighted by atomic mass is 10.1. The van der Waals surface area contributed by atoms with E-state index < -0.39 is 0 Å². The monoisotopic (exact) mass is 259 g/mol. The molecule has 0 aromatic carbocycles. The zero-order chi connectivity index (χ0) is 13.9. The Bertz CT molecular complexity index is 430. The molecule has 0 bridgehead atoms. The van der Waals surface area contributed by atoms with Crippen LogP contribution in [0.5, 0.6) is 0 Å². The maximum atomic E-state index is 4.28. The van der Waals surface area contributed by atoms with Crippen LogP contribution in [0, 0.1) is 0 Å². The second-order valence-corrected chi connectivity index (χ2v) is 6.28. The third kappa shape index (κ3) is 4.06. The quantitative estimate of drug-likeness (QED) is 0.796. The molecule has 0 atom stereocenters. The van der Waals surface area contributed by atoms with E-state index in [1.54, 1.807) is 0 Å². The zero-order valence-corrected chi connectivity index (χ0v) is 12.3. The normalized spacial score (nSPS) is 15.3. The smallest absolute Gasteiger partial charge is 0.0448 e. The molecule has 2 rings (SSSR count). The second-order valence-electron chi connectivity index (χ2n) is 6.28. The van der Waals surface area contributed by atoms with Crippen LogP contribution in [0.4, 0.5) is 5.69 Å². The molecule has 3 nitrogen and oxygen atoms in total. The average molecular weight is 259 g/mol. The molecule has 1 heterocycles. The van der Waals surface area contributed by atoms with E-state index in [0.29, 0.717) is 6.04 Å². The Kier molecular flexibility index (Phi) is 4.25. The van der Waals surface area contributed by atoms with Crippen LogP contribution < -0.4 is 10.2 Å². The molecule has 1 aromatic rings. The van der Waals surface area contributed by atoms with Gasteiger partial charge in [0.2, 0.25) is 0 Å². The predicted octanol–water partition coefficient (Wildman–Crippen LogP) is 3.12. The summed E-state index contributed by atoms with van der Waals surface area (Å²) in [5.41, 5.74) is 2.69. The first kappa shape index (κ1) is 14.1. The molecular weight excluding hydrogens is 234 g/mol. The molecule has 0 saturated heterocycles. The molecule has 0 aliphatic heterocycles. The van der Waals surface area contributed by atoms with Gasteiger partial charge in [-0.3, -0.25) is 4.98 Å². The van der Waals surface area contributed by atoms with Gasteiger partial charge in [0.25, 0.3) is 0 Å². The number of nitrogens with one attached hydrogen (secondary N) is 1. The van der Waals surface area contributed by atoms with Crippen molar-refractivity contribution in [1.29, 1.82) is 0 Å². The van der Waals surface area contributed by atoms with Crippen LogP contribution in [0.2, 0.25) is 0 Å². The standard InChI is InChI=1S/C16H25N3/c1-5-10-19(14-6-7-14)15-8-9-17-11-13(15)12-18-16(2,3)4/h5,8-9,11,14,18H,1,6-7,10,12H2,2-4H3. The van der Waals surface area contributed by atoms with Gasteiger partial charge in [0.1, 0.15) is 0 Å². The molecule has 1 fully saturated rings. The number of pyridine rings is 1. The Morgan fingerprint density at radius 3 is 2.79 bits per heavy atom. The fourth-order valence-electron chi connectivity index (χ4n) is 2.17. The van der Waals surface area contributed by atoms with Gasteiger partial charge in [0.15, 0.2) is 0 Å². The Morgan fingerprint density at radius 1 is 1.47 bits per heavy atom. The van der Waals surface area contributed by atoms with Gasteiger partial charge in [0.05, 0.1) is 0 Å². The van der Waals surface area contributed by atoms with E-state index in [1.165, 1.54) is 24.1 Å². The van der Waals surface area contributed by atoms with E-state index >= 15 is 0 Å². The minimum atomic E-state index is 0.121. The van der Waals surface area contributed by atoms with Gasteiger partial charge in [0, 0.05) is 48.3 Å². The van der Waals surface area contributed by atoms with Crippen LogP contribution in [0.3, 0.4) is 0 Å². The molecule has 104 valence electrons. The minimum absolute atomic E-state index is 0.121. The molecule has 19 heavy (non-hydrogen) atoms. The van der Waals surface area contributed by atoms with E-state index in [9.17, 15) is 0 Å². The molecule has 1 N–H and O–H groups in total. The summed E-state index contributed by atoms with van der Waals surface area (Å²) in [4.78, 5) is 6.73. The number of hydrogen-bond donors (Lipinski definition) is 1. The van der Waals surface area contributed by atoms with Crippen LogP contribution in [0.15, 0.2) is 31.1 Å². The molecule has 0 radical (unpaired) electrons. The van der Waals surface area contributed by atoms with Gasteiger partial charge in [-0.05, 0) is 39.7 Å². The molecule has 3 heteroatoms. The van der Waals surface area contributed by atoms with Crippen molar-refractivity contribution < 1.29 is 0 Å². The maximum absolute atomic E-state index is 4.28. The third-order valence-corrected chi connectivity index (χ3v) is 3.31. The number of anilines is 1. The van der Waals surface area contributed by atoms with Crippen LogP contribution in [0.1, 0.15) is 39.2 Å². The van der Waals surface area contributed by atoms with E-state index in [-0.39, 0.29) is 5.54 Å². The highest BCUT2D eigenvalue weighted by molar-refractivity contribution is 5.54. The van der Waals surface area contributed by atoms with Crippen LogP contribution in [-0.4, -0.2) is 23.1 Å². The molecule has 0 amide bonds. The van der Waals surface area contributed by atoms with Crippen LogP contribution >= 0.6 is 0 Å². The van der Waals surface area contributed by atoms with Gasteiger partial charge >= 0.3 is 0 Å². The second kappa shape index (κ2) is 5.74. The molecule has 0 unspecified atom stereocenters. The number of hydrogen-bond acceptors (Lipinski definition) is 3. The zero-order valence-electron chi connectivity index (χ0n) is 12.3. The lowest BCUT2D eigenvalue weighted by Gasteiger charge is -2.27. The highest BCUT2D eigenvalue weighted by Crippen LogP contribution is 2.33. The fourth-order valence-corrected chi connectivity index (χ4v) is 2.17. The molecule has 1 aliphatic rings. The summed E-state index contributed by atoms with van der Waals surface area (Å²) in [5, 5.41) is 3.54. The number of nitrogens with zero attached hydrogens (tertiary/aromatic N) is 2. The average Bonchev–Trinajstić information content (AvgIpc) is 3.17.